The Morgan fingerprint density at radius 2 is 1.55 bits per heavy atom. The van der Waals surface area contributed by atoms with Gasteiger partial charge in [0.25, 0.3) is 11.7 Å². The smallest absolute Gasteiger partial charge is 0.295 e. The molecule has 33 heavy (non-hydrogen) atoms. The van der Waals surface area contributed by atoms with E-state index in [1.54, 1.807) is 48.4 Å². The van der Waals surface area contributed by atoms with Crippen LogP contribution in [0.4, 0.5) is 0 Å². The number of unbranched alkanes of at least 4 members (excludes halogenated alkanes) is 3. The quantitative estimate of drug-likeness (QED) is 0.212. The van der Waals surface area contributed by atoms with E-state index in [-0.39, 0.29) is 11.3 Å². The lowest BCUT2D eigenvalue weighted by Gasteiger charge is -2.25. The molecule has 1 atom stereocenters. The van der Waals surface area contributed by atoms with Crippen LogP contribution >= 0.6 is 0 Å². The van der Waals surface area contributed by atoms with Gasteiger partial charge in [-0.2, -0.15) is 0 Å². The number of Topliss-reactive ketones (excluding diaryl/α,β-unsaturated/α-hetero) is 1. The maximum Gasteiger partial charge on any atom is 0.295 e. The minimum atomic E-state index is -0.663. The van der Waals surface area contributed by atoms with Gasteiger partial charge in [-0.3, -0.25) is 9.59 Å². The summed E-state index contributed by atoms with van der Waals surface area (Å²) in [6.45, 7) is 5.26. The maximum absolute atomic E-state index is 13.0. The van der Waals surface area contributed by atoms with Crippen LogP contribution in [0.3, 0.4) is 0 Å². The van der Waals surface area contributed by atoms with Crippen LogP contribution in [0.2, 0.25) is 0 Å². The lowest BCUT2D eigenvalue weighted by molar-refractivity contribution is -0.139. The second-order valence-corrected chi connectivity index (χ2v) is 8.20. The normalized spacial score (nSPS) is 17.4. The fourth-order valence-electron chi connectivity index (χ4n) is 3.98. The van der Waals surface area contributed by atoms with Crippen molar-refractivity contribution in [3.05, 3.63) is 65.2 Å². The highest BCUT2D eigenvalue weighted by Gasteiger charge is 2.45. The summed E-state index contributed by atoms with van der Waals surface area (Å²) in [6, 6.07) is 13.6. The molecule has 176 valence electrons. The average Bonchev–Trinajstić information content (AvgIpc) is 3.10. The maximum atomic E-state index is 13.0. The minimum absolute atomic E-state index is 0.109. The van der Waals surface area contributed by atoms with E-state index in [9.17, 15) is 14.7 Å². The molecule has 1 aliphatic rings. The summed E-state index contributed by atoms with van der Waals surface area (Å²) >= 11 is 0. The highest BCUT2D eigenvalue weighted by Crippen LogP contribution is 2.40. The van der Waals surface area contributed by atoms with E-state index in [4.69, 9.17) is 9.47 Å². The van der Waals surface area contributed by atoms with Crippen molar-refractivity contribution < 1.29 is 24.2 Å². The van der Waals surface area contributed by atoms with Gasteiger partial charge in [0.15, 0.2) is 0 Å². The Morgan fingerprint density at radius 3 is 2.15 bits per heavy atom. The van der Waals surface area contributed by atoms with Gasteiger partial charge in [0.2, 0.25) is 0 Å². The zero-order valence-electron chi connectivity index (χ0n) is 19.7. The third kappa shape index (κ3) is 5.56. The summed E-state index contributed by atoms with van der Waals surface area (Å²) in [4.78, 5) is 27.4. The van der Waals surface area contributed by atoms with Crippen LogP contribution in [0.5, 0.6) is 11.5 Å². The Kier molecular flexibility index (Phi) is 8.52. The molecule has 1 fully saturated rings. The van der Waals surface area contributed by atoms with Gasteiger partial charge in [-0.25, -0.2) is 0 Å². The summed E-state index contributed by atoms with van der Waals surface area (Å²) in [6.07, 6.45) is 4.88. The largest absolute Gasteiger partial charge is 0.507 e. The Labute approximate surface area is 195 Å². The number of carbonyl (C=O) groups excluding carboxylic acids is 2. The van der Waals surface area contributed by atoms with Crippen LogP contribution in [0.1, 0.15) is 63.1 Å². The number of rotatable bonds is 11. The molecule has 1 amide bonds. The summed E-state index contributed by atoms with van der Waals surface area (Å²) in [7, 11) is 1.58. The molecule has 2 aromatic rings. The number of aliphatic hydroxyl groups is 1. The van der Waals surface area contributed by atoms with E-state index in [0.29, 0.717) is 30.2 Å². The number of ether oxygens (including phenoxy) is 2. The van der Waals surface area contributed by atoms with Gasteiger partial charge in [0.1, 0.15) is 17.3 Å². The van der Waals surface area contributed by atoms with Crippen molar-refractivity contribution in [1.29, 1.82) is 0 Å². The first kappa shape index (κ1) is 24.4. The Morgan fingerprint density at radius 1 is 0.909 bits per heavy atom. The lowest BCUT2D eigenvalue weighted by atomic mass is 9.95. The Bertz CT molecular complexity index is 979. The van der Waals surface area contributed by atoms with Crippen molar-refractivity contribution in [3.8, 4) is 11.5 Å². The fraction of sp³-hybridized carbons (Fsp3) is 0.407. The molecular weight excluding hydrogens is 418 g/mol. The minimum Gasteiger partial charge on any atom is -0.507 e. The highest BCUT2D eigenvalue weighted by atomic mass is 16.5. The van der Waals surface area contributed by atoms with Gasteiger partial charge in [0, 0.05) is 12.1 Å². The first-order valence-electron chi connectivity index (χ1n) is 11.7. The topological polar surface area (TPSA) is 76.1 Å². The number of ketones is 1. The van der Waals surface area contributed by atoms with Crippen molar-refractivity contribution in [2.75, 3.05) is 20.3 Å². The Hall–Kier alpha value is -3.28. The fourth-order valence-corrected chi connectivity index (χ4v) is 3.98. The molecule has 0 bridgehead atoms. The molecular formula is C27H33NO5. The van der Waals surface area contributed by atoms with E-state index >= 15 is 0 Å². The van der Waals surface area contributed by atoms with Crippen molar-refractivity contribution in [2.24, 2.45) is 0 Å². The molecule has 1 N–H and O–H groups in total. The number of methoxy groups -OCH3 is 1. The standard InChI is InChI=1S/C27H33NO5/c1-4-6-8-18-33-22-15-11-20(12-16-22)25(29)23-24(19-9-13-21(32-3)14-10-19)28(17-7-5-2)27(31)26(23)30/h9-16,24,29H,4-8,17-18H2,1-3H3/b25-23-. The second-order valence-electron chi connectivity index (χ2n) is 8.20. The average molecular weight is 452 g/mol. The van der Waals surface area contributed by atoms with Gasteiger partial charge < -0.3 is 19.5 Å². The molecule has 0 aliphatic carbocycles. The van der Waals surface area contributed by atoms with Gasteiger partial charge in [0.05, 0.1) is 25.3 Å². The van der Waals surface area contributed by atoms with Crippen LogP contribution in [0.25, 0.3) is 5.76 Å². The number of likely N-dealkylation sites (tertiary alicyclic amines) is 1. The number of carbonyl (C=O) groups is 2. The lowest BCUT2D eigenvalue weighted by Crippen LogP contribution is -2.30. The van der Waals surface area contributed by atoms with Gasteiger partial charge in [-0.1, -0.05) is 45.2 Å². The monoisotopic (exact) mass is 451 g/mol. The third-order valence-electron chi connectivity index (χ3n) is 5.87. The van der Waals surface area contributed by atoms with E-state index in [2.05, 4.69) is 6.92 Å². The first-order chi connectivity index (χ1) is 16.0. The summed E-state index contributed by atoms with van der Waals surface area (Å²) in [5.74, 6) is -0.0340. The van der Waals surface area contributed by atoms with E-state index in [0.717, 1.165) is 37.7 Å². The Balaban J connectivity index is 1.95. The van der Waals surface area contributed by atoms with Gasteiger partial charge in [-0.05, 0) is 54.8 Å². The van der Waals surface area contributed by atoms with Crippen LogP contribution in [0.15, 0.2) is 54.1 Å². The predicted molar refractivity (Wildman–Crippen MR) is 128 cm³/mol. The van der Waals surface area contributed by atoms with Crippen LogP contribution in [-0.2, 0) is 9.59 Å². The number of hydrogen-bond acceptors (Lipinski definition) is 5. The molecule has 2 aromatic carbocycles. The molecule has 6 nitrogen and oxygen atoms in total. The van der Waals surface area contributed by atoms with Gasteiger partial charge in [-0.15, -0.1) is 0 Å². The number of hydrogen-bond donors (Lipinski definition) is 1. The third-order valence-corrected chi connectivity index (χ3v) is 5.87. The molecule has 3 rings (SSSR count). The second kappa shape index (κ2) is 11.5. The molecule has 0 spiro atoms. The predicted octanol–water partition coefficient (Wildman–Crippen LogP) is 5.49. The zero-order chi connectivity index (χ0) is 23.8. The van der Waals surface area contributed by atoms with Gasteiger partial charge >= 0.3 is 0 Å². The van der Waals surface area contributed by atoms with Crippen LogP contribution < -0.4 is 9.47 Å². The van der Waals surface area contributed by atoms with Crippen LogP contribution in [-0.4, -0.2) is 42.0 Å². The van der Waals surface area contributed by atoms with E-state index in [1.165, 1.54) is 0 Å². The van der Waals surface area contributed by atoms with Crippen molar-refractivity contribution in [3.63, 3.8) is 0 Å². The number of aliphatic hydroxyl groups excluding tert-OH is 1. The SMILES string of the molecule is CCCCCOc1ccc(/C(O)=C2/C(=O)C(=O)N(CCCC)C2c2ccc(OC)cc2)cc1. The van der Waals surface area contributed by atoms with Crippen molar-refractivity contribution in [1.82, 2.24) is 4.90 Å². The number of nitrogens with zero attached hydrogens (tertiary/aromatic N) is 1. The van der Waals surface area contributed by atoms with Crippen molar-refractivity contribution in [2.45, 2.75) is 52.0 Å². The summed E-state index contributed by atoms with van der Waals surface area (Å²) in [5.41, 5.74) is 1.34. The van der Waals surface area contributed by atoms with Crippen LogP contribution in [0, 0.1) is 0 Å². The molecule has 6 heteroatoms. The molecule has 1 saturated heterocycles. The zero-order valence-corrected chi connectivity index (χ0v) is 19.7. The molecule has 1 heterocycles. The first-order valence-corrected chi connectivity index (χ1v) is 11.7. The molecule has 0 radical (unpaired) electrons. The van der Waals surface area contributed by atoms with Crippen molar-refractivity contribution >= 4 is 17.4 Å². The van der Waals surface area contributed by atoms with E-state index < -0.39 is 17.7 Å². The molecule has 1 aliphatic heterocycles. The summed E-state index contributed by atoms with van der Waals surface area (Å²) in [5, 5.41) is 11.1. The summed E-state index contributed by atoms with van der Waals surface area (Å²) < 4.78 is 11.0. The number of amides is 1. The molecule has 1 unspecified atom stereocenters. The molecule has 0 saturated carbocycles. The number of benzene rings is 2. The molecule has 0 aromatic heterocycles. The highest BCUT2D eigenvalue weighted by molar-refractivity contribution is 6.46. The van der Waals surface area contributed by atoms with E-state index in [1.807, 2.05) is 19.1 Å².